The molecule has 6 nitrogen and oxygen atoms in total. The van der Waals surface area contributed by atoms with Crippen LogP contribution < -0.4 is 4.74 Å². The number of aromatic nitrogens is 2. The van der Waals surface area contributed by atoms with Crippen molar-refractivity contribution in [2.75, 3.05) is 12.9 Å². The van der Waals surface area contributed by atoms with Crippen molar-refractivity contribution in [1.82, 2.24) is 14.1 Å². The molecule has 1 saturated carbocycles. The first kappa shape index (κ1) is 14.8. The molecule has 2 heterocycles. The van der Waals surface area contributed by atoms with E-state index in [4.69, 9.17) is 4.74 Å². The number of rotatable bonds is 1. The molecule has 21 heavy (non-hydrogen) atoms. The van der Waals surface area contributed by atoms with Crippen molar-refractivity contribution < 1.29 is 13.2 Å². The summed E-state index contributed by atoms with van der Waals surface area (Å²) in [5.41, 5.74) is 1.34. The van der Waals surface area contributed by atoms with E-state index in [0.29, 0.717) is 19.0 Å². The molecule has 0 bridgehead atoms. The summed E-state index contributed by atoms with van der Waals surface area (Å²) in [6.07, 6.45) is 6.35. The summed E-state index contributed by atoms with van der Waals surface area (Å²) in [4.78, 5) is 0. The molecular weight excluding hydrogens is 290 g/mol. The Hall–Kier alpha value is -1.08. The van der Waals surface area contributed by atoms with E-state index in [1.165, 1.54) is 12.7 Å². The van der Waals surface area contributed by atoms with E-state index in [9.17, 15) is 8.42 Å². The molecule has 0 aromatic carbocycles. The van der Waals surface area contributed by atoms with Crippen LogP contribution in [-0.2, 0) is 23.6 Å². The predicted octanol–water partition coefficient (Wildman–Crippen LogP) is 1.59. The van der Waals surface area contributed by atoms with Gasteiger partial charge in [0.25, 0.3) is 0 Å². The van der Waals surface area contributed by atoms with Crippen molar-refractivity contribution >= 4 is 10.0 Å². The summed E-state index contributed by atoms with van der Waals surface area (Å²) in [5, 5.41) is 4.35. The van der Waals surface area contributed by atoms with Crippen LogP contribution in [0.15, 0.2) is 0 Å². The summed E-state index contributed by atoms with van der Waals surface area (Å²) in [6.45, 7) is 2.70. The van der Waals surface area contributed by atoms with Gasteiger partial charge in [-0.2, -0.15) is 9.40 Å². The third kappa shape index (κ3) is 2.46. The molecule has 7 heteroatoms. The molecule has 0 amide bonds. The van der Waals surface area contributed by atoms with Crippen molar-refractivity contribution in [3.63, 3.8) is 0 Å². The van der Waals surface area contributed by atoms with Crippen LogP contribution in [0.3, 0.4) is 0 Å². The zero-order chi connectivity index (χ0) is 15.3. The van der Waals surface area contributed by atoms with Gasteiger partial charge in [0.2, 0.25) is 15.9 Å². The second kappa shape index (κ2) is 4.98. The van der Waals surface area contributed by atoms with Gasteiger partial charge >= 0.3 is 0 Å². The molecule has 1 spiro atoms. The van der Waals surface area contributed by atoms with E-state index < -0.39 is 15.6 Å². The minimum atomic E-state index is -3.29. The van der Waals surface area contributed by atoms with Crippen molar-refractivity contribution in [3.8, 4) is 5.88 Å². The SMILES string of the molecule is Cc1nn(C)c2c1CN(S(C)(=O)=O)C1(CCCCC1)CO2. The molecule has 1 aromatic heterocycles. The first-order valence-electron chi connectivity index (χ1n) is 7.47. The van der Waals surface area contributed by atoms with E-state index in [1.54, 1.807) is 8.99 Å². The van der Waals surface area contributed by atoms with Crippen molar-refractivity contribution in [2.24, 2.45) is 7.05 Å². The molecule has 3 rings (SSSR count). The summed E-state index contributed by atoms with van der Waals surface area (Å²) in [5.74, 6) is 0.712. The minimum Gasteiger partial charge on any atom is -0.476 e. The fourth-order valence-electron chi connectivity index (χ4n) is 3.70. The highest BCUT2D eigenvalue weighted by molar-refractivity contribution is 7.88. The number of hydrogen-bond donors (Lipinski definition) is 0. The van der Waals surface area contributed by atoms with E-state index in [2.05, 4.69) is 5.10 Å². The summed E-state index contributed by atoms with van der Waals surface area (Å²) in [6, 6.07) is 0. The van der Waals surface area contributed by atoms with Gasteiger partial charge in [0.15, 0.2) is 0 Å². The fourth-order valence-corrected chi connectivity index (χ4v) is 5.00. The van der Waals surface area contributed by atoms with Crippen LogP contribution in [0, 0.1) is 6.92 Å². The summed E-state index contributed by atoms with van der Waals surface area (Å²) >= 11 is 0. The Bertz CT molecular complexity index is 645. The fraction of sp³-hybridized carbons (Fsp3) is 0.786. The summed E-state index contributed by atoms with van der Waals surface area (Å²) < 4.78 is 34.2. The van der Waals surface area contributed by atoms with Gasteiger partial charge in [-0.1, -0.05) is 19.3 Å². The topological polar surface area (TPSA) is 64.4 Å². The quantitative estimate of drug-likeness (QED) is 0.790. The monoisotopic (exact) mass is 313 g/mol. The van der Waals surface area contributed by atoms with Crippen LogP contribution in [0.25, 0.3) is 0 Å². The standard InChI is InChI=1S/C14H23N3O3S/c1-11-12-9-17(21(3,18)19)14(7-5-4-6-8-14)10-20-13(12)16(2)15-11/h4-10H2,1-3H3. The van der Waals surface area contributed by atoms with Gasteiger partial charge in [-0.25, -0.2) is 13.1 Å². The molecule has 1 aliphatic carbocycles. The van der Waals surface area contributed by atoms with Crippen LogP contribution >= 0.6 is 0 Å². The Balaban J connectivity index is 2.07. The molecule has 1 fully saturated rings. The highest BCUT2D eigenvalue weighted by Crippen LogP contribution is 2.40. The molecular formula is C14H23N3O3S. The van der Waals surface area contributed by atoms with Crippen LogP contribution in [0.5, 0.6) is 5.88 Å². The zero-order valence-electron chi connectivity index (χ0n) is 12.9. The Morgan fingerprint density at radius 1 is 1.24 bits per heavy atom. The van der Waals surface area contributed by atoms with Gasteiger partial charge in [-0.15, -0.1) is 0 Å². The van der Waals surface area contributed by atoms with Gasteiger partial charge in [0.05, 0.1) is 23.1 Å². The number of fused-ring (bicyclic) bond motifs is 1. The molecule has 118 valence electrons. The van der Waals surface area contributed by atoms with Crippen LogP contribution in [-0.4, -0.2) is 40.9 Å². The third-order valence-electron chi connectivity index (χ3n) is 4.78. The molecule has 0 radical (unpaired) electrons. The highest BCUT2D eigenvalue weighted by Gasteiger charge is 2.46. The maximum Gasteiger partial charge on any atom is 0.216 e. The van der Waals surface area contributed by atoms with Crippen LogP contribution in [0.2, 0.25) is 0 Å². The Labute approximate surface area is 126 Å². The van der Waals surface area contributed by atoms with Crippen LogP contribution in [0.1, 0.15) is 43.4 Å². The third-order valence-corrected chi connectivity index (χ3v) is 6.10. The normalized spacial score (nSPS) is 22.6. The molecule has 0 N–H and O–H groups in total. The van der Waals surface area contributed by atoms with Gasteiger partial charge in [0, 0.05) is 13.6 Å². The van der Waals surface area contributed by atoms with E-state index in [0.717, 1.165) is 36.9 Å². The summed E-state index contributed by atoms with van der Waals surface area (Å²) in [7, 11) is -1.45. The van der Waals surface area contributed by atoms with E-state index in [-0.39, 0.29) is 0 Å². The minimum absolute atomic E-state index is 0.369. The largest absolute Gasteiger partial charge is 0.476 e. The second-order valence-corrected chi connectivity index (χ2v) is 8.24. The van der Waals surface area contributed by atoms with E-state index >= 15 is 0 Å². The van der Waals surface area contributed by atoms with Gasteiger partial charge in [-0.3, -0.25) is 0 Å². The first-order chi connectivity index (χ1) is 9.83. The van der Waals surface area contributed by atoms with Crippen LogP contribution in [0.4, 0.5) is 0 Å². The van der Waals surface area contributed by atoms with Gasteiger partial charge in [0.1, 0.15) is 6.61 Å². The number of nitrogens with zero attached hydrogens (tertiary/aromatic N) is 3. The first-order valence-corrected chi connectivity index (χ1v) is 9.31. The Morgan fingerprint density at radius 2 is 1.90 bits per heavy atom. The molecule has 0 atom stereocenters. The van der Waals surface area contributed by atoms with Crippen molar-refractivity contribution in [3.05, 3.63) is 11.3 Å². The Kier molecular flexibility index (Phi) is 3.52. The lowest BCUT2D eigenvalue weighted by Crippen LogP contribution is -2.54. The number of sulfonamides is 1. The molecule has 0 unspecified atom stereocenters. The molecule has 1 aromatic rings. The van der Waals surface area contributed by atoms with E-state index in [1.807, 2.05) is 14.0 Å². The predicted molar refractivity (Wildman–Crippen MR) is 79.6 cm³/mol. The highest BCUT2D eigenvalue weighted by atomic mass is 32.2. The maximum atomic E-state index is 12.4. The number of aryl methyl sites for hydroxylation is 2. The second-order valence-electron chi connectivity index (χ2n) is 6.34. The van der Waals surface area contributed by atoms with Crippen molar-refractivity contribution in [2.45, 2.75) is 51.1 Å². The number of ether oxygens (including phenoxy) is 1. The molecule has 1 aliphatic heterocycles. The van der Waals surface area contributed by atoms with Crippen molar-refractivity contribution in [1.29, 1.82) is 0 Å². The molecule has 0 saturated heterocycles. The molecule has 2 aliphatic rings. The zero-order valence-corrected chi connectivity index (χ0v) is 13.7. The lowest BCUT2D eigenvalue weighted by molar-refractivity contribution is 0.0721. The average Bonchev–Trinajstić information content (AvgIpc) is 2.57. The average molecular weight is 313 g/mol. The Morgan fingerprint density at radius 3 is 2.52 bits per heavy atom. The smallest absolute Gasteiger partial charge is 0.216 e. The number of hydrogen-bond acceptors (Lipinski definition) is 4. The lowest BCUT2D eigenvalue weighted by atomic mass is 9.82. The van der Waals surface area contributed by atoms with Gasteiger partial charge in [-0.05, 0) is 19.8 Å². The lowest BCUT2D eigenvalue weighted by Gasteiger charge is -2.43. The van der Waals surface area contributed by atoms with Gasteiger partial charge < -0.3 is 4.74 Å². The maximum absolute atomic E-state index is 12.4.